The molecule has 210 valence electrons. The summed E-state index contributed by atoms with van der Waals surface area (Å²) in [6.45, 7) is 4.61. The van der Waals surface area contributed by atoms with Gasteiger partial charge in [0, 0.05) is 6.54 Å². The van der Waals surface area contributed by atoms with Crippen molar-refractivity contribution in [2.24, 2.45) is 0 Å². The zero-order valence-electron chi connectivity index (χ0n) is 22.1. The van der Waals surface area contributed by atoms with Crippen molar-refractivity contribution in [3.63, 3.8) is 0 Å². The summed E-state index contributed by atoms with van der Waals surface area (Å²) in [4.78, 5) is 49.6. The van der Waals surface area contributed by atoms with E-state index in [1.165, 1.54) is 0 Å². The highest BCUT2D eigenvalue weighted by molar-refractivity contribution is 5.99. The fourth-order valence-corrected chi connectivity index (χ4v) is 3.18. The van der Waals surface area contributed by atoms with Crippen LogP contribution in [0.4, 0.5) is 14.4 Å². The van der Waals surface area contributed by atoms with E-state index >= 15 is 0 Å². The molecule has 0 bridgehead atoms. The molecule has 0 aliphatic carbocycles. The Morgan fingerprint density at radius 2 is 1.44 bits per heavy atom. The van der Waals surface area contributed by atoms with Crippen LogP contribution in [0.25, 0.3) is 0 Å². The maximum Gasteiger partial charge on any atom is 0.416 e. The lowest BCUT2D eigenvalue weighted by molar-refractivity contribution is -0.139. The van der Waals surface area contributed by atoms with Gasteiger partial charge in [0.1, 0.15) is 24.9 Å². The first-order valence-electron chi connectivity index (χ1n) is 12.2. The highest BCUT2D eigenvalue weighted by Gasteiger charge is 2.26. The number of nitrogens with one attached hydrogen (secondary N) is 3. The molecule has 0 heterocycles. The van der Waals surface area contributed by atoms with Crippen molar-refractivity contribution >= 4 is 30.2 Å². The zero-order valence-corrected chi connectivity index (χ0v) is 22.1. The molecular weight excluding hydrogens is 508 g/mol. The normalized spacial score (nSPS) is 11.5. The molecule has 0 aliphatic rings. The smallest absolute Gasteiger partial charge is 0.416 e. The van der Waals surface area contributed by atoms with Gasteiger partial charge in [-0.25, -0.2) is 24.1 Å². The fraction of sp³-hybridized carbons (Fsp3) is 0.370. The first kappa shape index (κ1) is 30.6. The fourth-order valence-electron chi connectivity index (χ4n) is 3.18. The Labute approximate surface area is 226 Å². The number of nitrogens with zero attached hydrogens (tertiary/aromatic N) is 1. The average molecular weight is 543 g/mol. The number of alkyl carbamates (subject to hydrolysis) is 2. The summed E-state index contributed by atoms with van der Waals surface area (Å²) in [5, 5.41) is 22.2. The van der Waals surface area contributed by atoms with E-state index in [2.05, 4.69) is 10.6 Å². The Hall–Kier alpha value is -4.61. The van der Waals surface area contributed by atoms with Crippen LogP contribution in [0.2, 0.25) is 0 Å². The van der Waals surface area contributed by atoms with Crippen LogP contribution in [0.1, 0.15) is 44.7 Å². The number of aliphatic carboxylic acids is 1. The van der Waals surface area contributed by atoms with Gasteiger partial charge < -0.3 is 24.6 Å². The van der Waals surface area contributed by atoms with E-state index in [0.717, 1.165) is 10.5 Å². The molecule has 2 rings (SSSR count). The molecule has 0 spiro atoms. The number of amides is 3. The number of ether oxygens (including phenoxy) is 3. The molecule has 0 aromatic heterocycles. The van der Waals surface area contributed by atoms with Gasteiger partial charge in [-0.2, -0.15) is 0 Å². The first-order valence-corrected chi connectivity index (χ1v) is 12.2. The first-order chi connectivity index (χ1) is 18.4. The lowest BCUT2D eigenvalue weighted by atomic mass is 10.1. The number of guanidine groups is 1. The summed E-state index contributed by atoms with van der Waals surface area (Å²) in [6.07, 6.45) is -2.84. The Kier molecular flexibility index (Phi) is 11.7. The van der Waals surface area contributed by atoms with Crippen molar-refractivity contribution in [3.05, 3.63) is 71.8 Å². The van der Waals surface area contributed by atoms with Crippen LogP contribution in [0.5, 0.6) is 0 Å². The predicted octanol–water partition coefficient (Wildman–Crippen LogP) is 4.24. The molecule has 1 atom stereocenters. The summed E-state index contributed by atoms with van der Waals surface area (Å²) in [5.74, 6) is -1.91. The van der Waals surface area contributed by atoms with Crippen molar-refractivity contribution in [1.29, 1.82) is 5.41 Å². The lowest BCUT2D eigenvalue weighted by Crippen LogP contribution is -2.48. The highest BCUT2D eigenvalue weighted by Crippen LogP contribution is 2.10. The summed E-state index contributed by atoms with van der Waals surface area (Å²) in [6, 6.07) is 16.5. The van der Waals surface area contributed by atoms with Crippen LogP contribution in [-0.2, 0) is 32.2 Å². The van der Waals surface area contributed by atoms with Crippen LogP contribution in [0.15, 0.2) is 60.7 Å². The van der Waals surface area contributed by atoms with Crippen molar-refractivity contribution in [1.82, 2.24) is 15.5 Å². The third-order valence-corrected chi connectivity index (χ3v) is 4.99. The molecule has 1 unspecified atom stereocenters. The molecule has 0 saturated heterocycles. The SMILES string of the molecule is CC(C)(C)OC(=O)NC(CCCN(C(=N)NC(=O)OCc1ccccc1)C(=O)OCc1ccccc1)C(=O)O. The summed E-state index contributed by atoms with van der Waals surface area (Å²) < 4.78 is 15.5. The Morgan fingerprint density at radius 3 is 1.95 bits per heavy atom. The standard InChI is InChI=1S/C27H34N4O8/c1-27(2,3)39-25(35)29-21(22(32)33)15-10-16-31(26(36)38-18-20-13-8-5-9-14-20)23(28)30-24(34)37-17-19-11-6-4-7-12-19/h4-9,11-14,21H,10,15-18H2,1-3H3,(H,29,35)(H,32,33)(H2,28,30,34). The Morgan fingerprint density at radius 1 is 0.897 bits per heavy atom. The number of hydrogen-bond acceptors (Lipinski definition) is 8. The van der Waals surface area contributed by atoms with E-state index in [0.29, 0.717) is 5.56 Å². The largest absolute Gasteiger partial charge is 0.480 e. The van der Waals surface area contributed by atoms with Crippen LogP contribution in [0, 0.1) is 5.41 Å². The van der Waals surface area contributed by atoms with Gasteiger partial charge in [-0.1, -0.05) is 60.7 Å². The minimum Gasteiger partial charge on any atom is -0.480 e. The Bertz CT molecular complexity index is 1120. The zero-order chi connectivity index (χ0) is 28.8. The van der Waals surface area contributed by atoms with E-state index in [-0.39, 0.29) is 32.6 Å². The van der Waals surface area contributed by atoms with Gasteiger partial charge >= 0.3 is 24.2 Å². The van der Waals surface area contributed by atoms with E-state index in [1.54, 1.807) is 69.3 Å². The van der Waals surface area contributed by atoms with Crippen molar-refractivity contribution < 1.29 is 38.5 Å². The Balaban J connectivity index is 2.01. The molecule has 2 aromatic carbocycles. The topological polar surface area (TPSA) is 167 Å². The van der Waals surface area contributed by atoms with Gasteiger partial charge in [0.05, 0.1) is 0 Å². The van der Waals surface area contributed by atoms with Gasteiger partial charge in [0.2, 0.25) is 5.96 Å². The number of carbonyl (C=O) groups excluding carboxylic acids is 3. The second-order valence-corrected chi connectivity index (χ2v) is 9.41. The van der Waals surface area contributed by atoms with Gasteiger partial charge in [0.25, 0.3) is 0 Å². The predicted molar refractivity (Wildman–Crippen MR) is 141 cm³/mol. The molecule has 0 saturated carbocycles. The van der Waals surface area contributed by atoms with Gasteiger partial charge in [0.15, 0.2) is 0 Å². The molecule has 2 aromatic rings. The monoisotopic (exact) mass is 542 g/mol. The molecule has 0 radical (unpaired) electrons. The molecule has 39 heavy (non-hydrogen) atoms. The van der Waals surface area contributed by atoms with E-state index in [9.17, 15) is 24.3 Å². The summed E-state index contributed by atoms with van der Waals surface area (Å²) >= 11 is 0. The molecule has 12 heteroatoms. The molecule has 12 nitrogen and oxygen atoms in total. The van der Waals surface area contributed by atoms with Crippen LogP contribution in [0.3, 0.4) is 0 Å². The molecule has 0 aliphatic heterocycles. The maximum atomic E-state index is 12.8. The van der Waals surface area contributed by atoms with Crippen molar-refractivity contribution in [2.75, 3.05) is 6.54 Å². The second kappa shape index (κ2) is 15.0. The number of hydrogen-bond donors (Lipinski definition) is 4. The van der Waals surface area contributed by atoms with Crippen molar-refractivity contribution in [3.8, 4) is 0 Å². The number of benzene rings is 2. The van der Waals surface area contributed by atoms with Gasteiger partial charge in [-0.3, -0.25) is 10.7 Å². The van der Waals surface area contributed by atoms with Gasteiger partial charge in [-0.05, 0) is 44.7 Å². The number of carboxylic acid groups (broad SMARTS) is 1. The average Bonchev–Trinajstić information content (AvgIpc) is 2.87. The van der Waals surface area contributed by atoms with E-state index in [1.807, 2.05) is 12.1 Å². The molecule has 0 fully saturated rings. The summed E-state index contributed by atoms with van der Waals surface area (Å²) in [5.41, 5.74) is 0.623. The third kappa shape index (κ3) is 12.0. The van der Waals surface area contributed by atoms with Crippen molar-refractivity contribution in [2.45, 2.75) is 58.5 Å². The third-order valence-electron chi connectivity index (χ3n) is 4.99. The van der Waals surface area contributed by atoms with Crippen LogP contribution < -0.4 is 10.6 Å². The minimum absolute atomic E-state index is 0.0380. The van der Waals surface area contributed by atoms with E-state index in [4.69, 9.17) is 19.6 Å². The maximum absolute atomic E-state index is 12.8. The van der Waals surface area contributed by atoms with E-state index < -0.39 is 41.9 Å². The quantitative estimate of drug-likeness (QED) is 0.196. The lowest BCUT2D eigenvalue weighted by Gasteiger charge is -2.24. The van der Waals surface area contributed by atoms with Gasteiger partial charge in [-0.15, -0.1) is 0 Å². The number of carbonyl (C=O) groups is 4. The second-order valence-electron chi connectivity index (χ2n) is 9.41. The molecular formula is C27H34N4O8. The number of carboxylic acids is 1. The minimum atomic E-state index is -1.31. The number of rotatable bonds is 10. The molecule has 4 N–H and O–H groups in total. The van der Waals surface area contributed by atoms with Crippen LogP contribution >= 0.6 is 0 Å². The molecule has 3 amide bonds. The highest BCUT2D eigenvalue weighted by atomic mass is 16.6. The van der Waals surface area contributed by atoms with Crippen LogP contribution in [-0.4, -0.2) is 58.4 Å². The summed E-state index contributed by atoms with van der Waals surface area (Å²) in [7, 11) is 0.